The Morgan fingerprint density at radius 2 is 1.94 bits per heavy atom. The van der Waals surface area contributed by atoms with Crippen molar-refractivity contribution >= 4 is 0 Å². The topological polar surface area (TPSA) is 26.0 Å². The standard InChI is InChI=1S/C13H17F2N/c1-2-3-10-8-13(10,16)7-9-4-11(14)6-12(15)5-9/h4-6,10H,2-3,7-8,16H2,1H3. The number of halogens is 2. The summed E-state index contributed by atoms with van der Waals surface area (Å²) in [5.41, 5.74) is 6.60. The van der Waals surface area contributed by atoms with Gasteiger partial charge in [0, 0.05) is 11.6 Å². The summed E-state index contributed by atoms with van der Waals surface area (Å²) in [7, 11) is 0. The van der Waals surface area contributed by atoms with Gasteiger partial charge in [0.1, 0.15) is 11.6 Å². The molecular weight excluding hydrogens is 208 g/mol. The van der Waals surface area contributed by atoms with Crippen molar-refractivity contribution in [2.24, 2.45) is 11.7 Å². The molecule has 16 heavy (non-hydrogen) atoms. The van der Waals surface area contributed by atoms with Crippen LogP contribution in [-0.2, 0) is 6.42 Å². The van der Waals surface area contributed by atoms with Gasteiger partial charge in [-0.1, -0.05) is 13.3 Å². The molecule has 0 radical (unpaired) electrons. The normalized spacial score (nSPS) is 28.1. The SMILES string of the molecule is CCCC1CC1(N)Cc1cc(F)cc(F)c1. The van der Waals surface area contributed by atoms with Crippen molar-refractivity contribution in [2.45, 2.75) is 38.1 Å². The summed E-state index contributed by atoms with van der Waals surface area (Å²) < 4.78 is 26.0. The molecule has 0 aliphatic heterocycles. The number of benzene rings is 1. The summed E-state index contributed by atoms with van der Waals surface area (Å²) >= 11 is 0. The van der Waals surface area contributed by atoms with Crippen molar-refractivity contribution < 1.29 is 8.78 Å². The van der Waals surface area contributed by atoms with Crippen LogP contribution in [0, 0.1) is 17.6 Å². The van der Waals surface area contributed by atoms with E-state index in [1.54, 1.807) is 0 Å². The maximum absolute atomic E-state index is 13.0. The zero-order valence-corrected chi connectivity index (χ0v) is 9.47. The maximum Gasteiger partial charge on any atom is 0.126 e. The third-order valence-corrected chi connectivity index (χ3v) is 3.37. The van der Waals surface area contributed by atoms with Crippen molar-refractivity contribution in [1.82, 2.24) is 0 Å². The summed E-state index contributed by atoms with van der Waals surface area (Å²) in [6.45, 7) is 2.13. The van der Waals surface area contributed by atoms with Gasteiger partial charge in [0.2, 0.25) is 0 Å². The summed E-state index contributed by atoms with van der Waals surface area (Å²) in [5.74, 6) is -0.526. The second-order valence-electron chi connectivity index (χ2n) is 4.88. The van der Waals surface area contributed by atoms with Crippen LogP contribution in [0.5, 0.6) is 0 Å². The van der Waals surface area contributed by atoms with Crippen LogP contribution in [0.1, 0.15) is 31.7 Å². The number of rotatable bonds is 4. The number of nitrogens with two attached hydrogens (primary N) is 1. The maximum atomic E-state index is 13.0. The van der Waals surface area contributed by atoms with Crippen molar-refractivity contribution in [3.8, 4) is 0 Å². The Bertz CT molecular complexity index is 371. The molecular formula is C13H17F2N. The fourth-order valence-electron chi connectivity index (χ4n) is 2.45. The molecule has 0 saturated heterocycles. The average molecular weight is 225 g/mol. The molecule has 0 heterocycles. The zero-order valence-electron chi connectivity index (χ0n) is 9.47. The molecule has 0 aromatic heterocycles. The first kappa shape index (κ1) is 11.5. The highest BCUT2D eigenvalue weighted by atomic mass is 19.1. The minimum atomic E-state index is -0.522. The molecule has 1 fully saturated rings. The highest BCUT2D eigenvalue weighted by molar-refractivity contribution is 5.24. The summed E-state index contributed by atoms with van der Waals surface area (Å²) in [6.07, 6.45) is 3.76. The van der Waals surface area contributed by atoms with E-state index in [0.717, 1.165) is 25.3 Å². The molecule has 0 bridgehead atoms. The minimum Gasteiger partial charge on any atom is -0.325 e. The molecule has 3 heteroatoms. The smallest absolute Gasteiger partial charge is 0.126 e. The highest BCUT2D eigenvalue weighted by Gasteiger charge is 2.49. The fraction of sp³-hybridized carbons (Fsp3) is 0.538. The lowest BCUT2D eigenvalue weighted by molar-refractivity contribution is 0.544. The third-order valence-electron chi connectivity index (χ3n) is 3.37. The molecule has 1 saturated carbocycles. The summed E-state index contributed by atoms with van der Waals surface area (Å²) in [5, 5.41) is 0. The van der Waals surface area contributed by atoms with Gasteiger partial charge in [0.15, 0.2) is 0 Å². The van der Waals surface area contributed by atoms with Gasteiger partial charge in [0.25, 0.3) is 0 Å². The molecule has 1 aromatic carbocycles. The summed E-state index contributed by atoms with van der Waals surface area (Å²) in [6, 6.07) is 3.64. The first-order valence-electron chi connectivity index (χ1n) is 5.77. The predicted octanol–water partition coefficient (Wildman–Crippen LogP) is 3.02. The predicted molar refractivity (Wildman–Crippen MR) is 60.0 cm³/mol. The average Bonchev–Trinajstić information content (AvgIpc) is 2.74. The monoisotopic (exact) mass is 225 g/mol. The van der Waals surface area contributed by atoms with Crippen LogP contribution in [0.2, 0.25) is 0 Å². The molecule has 2 N–H and O–H groups in total. The molecule has 1 aliphatic carbocycles. The molecule has 1 aromatic rings. The van der Waals surface area contributed by atoms with Gasteiger partial charge in [-0.2, -0.15) is 0 Å². The van der Waals surface area contributed by atoms with Gasteiger partial charge >= 0.3 is 0 Å². The van der Waals surface area contributed by atoms with Gasteiger partial charge in [-0.3, -0.25) is 0 Å². The van der Waals surface area contributed by atoms with E-state index in [2.05, 4.69) is 6.92 Å². The van der Waals surface area contributed by atoms with E-state index in [4.69, 9.17) is 5.73 Å². The van der Waals surface area contributed by atoms with Crippen LogP contribution in [0.25, 0.3) is 0 Å². The van der Waals surface area contributed by atoms with Crippen molar-refractivity contribution in [3.63, 3.8) is 0 Å². The largest absolute Gasteiger partial charge is 0.325 e. The van der Waals surface area contributed by atoms with Crippen LogP contribution in [-0.4, -0.2) is 5.54 Å². The van der Waals surface area contributed by atoms with E-state index in [1.165, 1.54) is 12.1 Å². The van der Waals surface area contributed by atoms with Gasteiger partial charge in [-0.15, -0.1) is 0 Å². The Morgan fingerprint density at radius 3 is 2.50 bits per heavy atom. The minimum absolute atomic E-state index is 0.226. The number of hydrogen-bond donors (Lipinski definition) is 1. The van der Waals surface area contributed by atoms with Crippen molar-refractivity contribution in [3.05, 3.63) is 35.4 Å². The van der Waals surface area contributed by atoms with Crippen molar-refractivity contribution in [2.75, 3.05) is 0 Å². The van der Waals surface area contributed by atoms with E-state index in [-0.39, 0.29) is 5.54 Å². The number of hydrogen-bond acceptors (Lipinski definition) is 1. The molecule has 2 unspecified atom stereocenters. The Kier molecular flexibility index (Phi) is 2.98. The Balaban J connectivity index is 2.05. The van der Waals surface area contributed by atoms with Crippen LogP contribution in [0.3, 0.4) is 0 Å². The zero-order chi connectivity index (χ0) is 11.8. The van der Waals surface area contributed by atoms with E-state index in [9.17, 15) is 8.78 Å². The molecule has 2 rings (SSSR count). The first-order valence-corrected chi connectivity index (χ1v) is 5.77. The first-order chi connectivity index (χ1) is 7.53. The molecule has 1 aliphatic rings. The van der Waals surface area contributed by atoms with E-state index in [0.29, 0.717) is 17.9 Å². The van der Waals surface area contributed by atoms with Gasteiger partial charge in [0.05, 0.1) is 0 Å². The van der Waals surface area contributed by atoms with Crippen LogP contribution in [0.4, 0.5) is 8.78 Å². The lowest BCUT2D eigenvalue weighted by Gasteiger charge is -2.11. The molecule has 0 amide bonds. The summed E-state index contributed by atoms with van der Waals surface area (Å²) in [4.78, 5) is 0. The second-order valence-corrected chi connectivity index (χ2v) is 4.88. The lowest BCUT2D eigenvalue weighted by Crippen LogP contribution is -2.28. The van der Waals surface area contributed by atoms with Gasteiger partial charge in [-0.25, -0.2) is 8.78 Å². The van der Waals surface area contributed by atoms with Crippen LogP contribution < -0.4 is 5.73 Å². The van der Waals surface area contributed by atoms with Crippen molar-refractivity contribution in [1.29, 1.82) is 0 Å². The Morgan fingerprint density at radius 1 is 1.31 bits per heavy atom. The van der Waals surface area contributed by atoms with E-state index < -0.39 is 11.6 Å². The van der Waals surface area contributed by atoms with Crippen LogP contribution >= 0.6 is 0 Å². The van der Waals surface area contributed by atoms with E-state index >= 15 is 0 Å². The molecule has 2 atom stereocenters. The van der Waals surface area contributed by atoms with Gasteiger partial charge < -0.3 is 5.73 Å². The molecule has 88 valence electrons. The second kappa shape index (κ2) is 4.13. The lowest BCUT2D eigenvalue weighted by atomic mass is 10.0. The molecule has 0 spiro atoms. The van der Waals surface area contributed by atoms with E-state index in [1.807, 2.05) is 0 Å². The Labute approximate surface area is 94.7 Å². The Hall–Kier alpha value is -0.960. The fourth-order valence-corrected chi connectivity index (χ4v) is 2.45. The van der Waals surface area contributed by atoms with Crippen LogP contribution in [0.15, 0.2) is 18.2 Å². The highest BCUT2D eigenvalue weighted by Crippen LogP contribution is 2.46. The third kappa shape index (κ3) is 2.40. The quantitative estimate of drug-likeness (QED) is 0.837. The molecule has 1 nitrogen and oxygen atoms in total. The van der Waals surface area contributed by atoms with Gasteiger partial charge in [-0.05, 0) is 42.9 Å².